The van der Waals surface area contributed by atoms with Crippen molar-refractivity contribution in [3.05, 3.63) is 72.1 Å². The number of hydrogen-bond donors (Lipinski definition) is 0. The fraction of sp³-hybridized carbons (Fsp3) is 0.387. The number of likely N-dealkylation sites (tertiary alicyclic amines) is 1. The number of nitriles is 1. The first-order valence-corrected chi connectivity index (χ1v) is 13.3. The van der Waals surface area contributed by atoms with Crippen LogP contribution in [0.3, 0.4) is 0 Å². The Kier molecular flexibility index (Phi) is 7.78. The summed E-state index contributed by atoms with van der Waals surface area (Å²) in [4.78, 5) is 19.0. The van der Waals surface area contributed by atoms with Gasteiger partial charge in [0.25, 0.3) is 5.91 Å². The maximum absolute atomic E-state index is 12.9. The van der Waals surface area contributed by atoms with E-state index >= 15 is 0 Å². The fourth-order valence-electron chi connectivity index (χ4n) is 5.01. The standard InChI is InChI=1S/C31H33N3O4/c1-21-22(2)38-30-17-24(9-12-29(30)37-21)8-7-23-13-15-34(16-14-23)31(35)20-36-28-6-4-3-5-27(28)25-10-11-26(18-32)33-19-25/h3-6,9-12,17,19,21-23H,7-8,13-16,20H2,1-2H3. The molecule has 0 spiro atoms. The van der Waals surface area contributed by atoms with E-state index in [-0.39, 0.29) is 24.7 Å². The van der Waals surface area contributed by atoms with Crippen LogP contribution in [0.4, 0.5) is 0 Å². The van der Waals surface area contributed by atoms with Crippen LogP contribution in [0.1, 0.15) is 44.4 Å². The number of fused-ring (bicyclic) bond motifs is 1. The third-order valence-corrected chi connectivity index (χ3v) is 7.53. The van der Waals surface area contributed by atoms with Gasteiger partial charge in [-0.05, 0) is 81.3 Å². The van der Waals surface area contributed by atoms with Crippen molar-refractivity contribution in [2.45, 2.75) is 51.7 Å². The molecule has 7 nitrogen and oxygen atoms in total. The number of aryl methyl sites for hydroxylation is 1. The Morgan fingerprint density at radius 3 is 2.55 bits per heavy atom. The lowest BCUT2D eigenvalue weighted by atomic mass is 9.90. The number of benzene rings is 2. The fourth-order valence-corrected chi connectivity index (χ4v) is 5.01. The normalized spacial score (nSPS) is 19.0. The quantitative estimate of drug-likeness (QED) is 0.421. The van der Waals surface area contributed by atoms with Gasteiger partial charge in [0.15, 0.2) is 18.1 Å². The molecule has 1 aromatic heterocycles. The lowest BCUT2D eigenvalue weighted by Gasteiger charge is -2.32. The summed E-state index contributed by atoms with van der Waals surface area (Å²) in [6.07, 6.45) is 5.83. The van der Waals surface area contributed by atoms with Crippen molar-refractivity contribution in [2.24, 2.45) is 5.92 Å². The van der Waals surface area contributed by atoms with E-state index in [0.717, 1.165) is 61.4 Å². The maximum atomic E-state index is 12.9. The van der Waals surface area contributed by atoms with Crippen molar-refractivity contribution in [2.75, 3.05) is 19.7 Å². The highest BCUT2D eigenvalue weighted by atomic mass is 16.6. The van der Waals surface area contributed by atoms with Crippen molar-refractivity contribution in [3.63, 3.8) is 0 Å². The zero-order valence-corrected chi connectivity index (χ0v) is 21.9. The summed E-state index contributed by atoms with van der Waals surface area (Å²) >= 11 is 0. The molecule has 0 radical (unpaired) electrons. The van der Waals surface area contributed by atoms with Gasteiger partial charge < -0.3 is 19.1 Å². The molecule has 0 N–H and O–H groups in total. The predicted octanol–water partition coefficient (Wildman–Crippen LogP) is 5.42. The van der Waals surface area contributed by atoms with Gasteiger partial charge in [0.05, 0.1) is 0 Å². The molecular formula is C31H33N3O4. The zero-order valence-electron chi connectivity index (χ0n) is 21.9. The number of pyridine rings is 1. The van der Waals surface area contributed by atoms with Crippen molar-refractivity contribution in [1.29, 1.82) is 5.26 Å². The van der Waals surface area contributed by atoms with Gasteiger partial charge in [-0.15, -0.1) is 0 Å². The molecule has 0 bridgehead atoms. The summed E-state index contributed by atoms with van der Waals surface area (Å²) in [5, 5.41) is 8.99. The first-order valence-electron chi connectivity index (χ1n) is 13.3. The highest BCUT2D eigenvalue weighted by molar-refractivity contribution is 5.78. The van der Waals surface area contributed by atoms with Crippen LogP contribution >= 0.6 is 0 Å². The Bertz CT molecular complexity index is 1310. The Labute approximate surface area is 224 Å². The molecule has 0 aliphatic carbocycles. The molecule has 0 saturated carbocycles. The summed E-state index contributed by atoms with van der Waals surface area (Å²) in [5.41, 5.74) is 3.31. The summed E-state index contributed by atoms with van der Waals surface area (Å²) in [7, 11) is 0. The molecular weight excluding hydrogens is 478 g/mol. The van der Waals surface area contributed by atoms with E-state index in [1.165, 1.54) is 5.56 Å². The van der Waals surface area contributed by atoms with Gasteiger partial charge in [-0.3, -0.25) is 4.79 Å². The van der Waals surface area contributed by atoms with Gasteiger partial charge in [-0.2, -0.15) is 5.26 Å². The highest BCUT2D eigenvalue weighted by Crippen LogP contribution is 2.35. The second-order valence-corrected chi connectivity index (χ2v) is 10.1. The second kappa shape index (κ2) is 11.6. The van der Waals surface area contributed by atoms with Crippen LogP contribution in [0.5, 0.6) is 17.2 Å². The minimum absolute atomic E-state index is 0.000373. The van der Waals surface area contributed by atoms with Crippen LogP contribution < -0.4 is 14.2 Å². The minimum atomic E-state index is -0.000373. The number of aromatic nitrogens is 1. The number of rotatable bonds is 7. The average molecular weight is 512 g/mol. The number of piperidine rings is 1. The van der Waals surface area contributed by atoms with Crippen LogP contribution in [0.15, 0.2) is 60.8 Å². The number of carbonyl (C=O) groups is 1. The van der Waals surface area contributed by atoms with E-state index in [0.29, 0.717) is 17.4 Å². The molecule has 2 aliphatic rings. The molecule has 196 valence electrons. The molecule has 3 aromatic rings. The summed E-state index contributed by atoms with van der Waals surface area (Å²) in [6, 6.07) is 19.4. The smallest absolute Gasteiger partial charge is 0.260 e. The van der Waals surface area contributed by atoms with Crippen molar-refractivity contribution in [3.8, 4) is 34.4 Å². The molecule has 7 heteroatoms. The first-order chi connectivity index (χ1) is 18.5. The lowest BCUT2D eigenvalue weighted by molar-refractivity contribution is -0.134. The van der Waals surface area contributed by atoms with Gasteiger partial charge >= 0.3 is 0 Å². The van der Waals surface area contributed by atoms with Gasteiger partial charge in [0.2, 0.25) is 0 Å². The van der Waals surface area contributed by atoms with E-state index in [9.17, 15) is 4.79 Å². The molecule has 1 fully saturated rings. The molecule has 1 saturated heterocycles. The van der Waals surface area contributed by atoms with Crippen LogP contribution in [-0.2, 0) is 11.2 Å². The largest absolute Gasteiger partial charge is 0.483 e. The van der Waals surface area contributed by atoms with E-state index in [4.69, 9.17) is 19.5 Å². The highest BCUT2D eigenvalue weighted by Gasteiger charge is 2.26. The van der Waals surface area contributed by atoms with E-state index in [1.807, 2.05) is 61.2 Å². The lowest BCUT2D eigenvalue weighted by Crippen LogP contribution is -2.41. The van der Waals surface area contributed by atoms with Crippen LogP contribution in [-0.4, -0.2) is 47.7 Å². The zero-order chi connectivity index (χ0) is 26.5. The van der Waals surface area contributed by atoms with Gasteiger partial charge in [-0.1, -0.05) is 24.3 Å². The number of amides is 1. The van der Waals surface area contributed by atoms with Crippen LogP contribution in [0.25, 0.3) is 11.1 Å². The first kappa shape index (κ1) is 25.6. The average Bonchev–Trinajstić information content (AvgIpc) is 2.96. The third kappa shape index (κ3) is 5.91. The van der Waals surface area contributed by atoms with Crippen LogP contribution in [0, 0.1) is 17.2 Å². The summed E-state index contributed by atoms with van der Waals surface area (Å²) < 4.78 is 17.9. The number of ether oxygens (including phenoxy) is 3. The van der Waals surface area contributed by atoms with E-state index in [1.54, 1.807) is 12.3 Å². The van der Waals surface area contributed by atoms with Gasteiger partial charge in [0.1, 0.15) is 29.7 Å². The molecule has 2 aromatic carbocycles. The Balaban J connectivity index is 1.09. The number of para-hydroxylation sites is 1. The molecule has 5 rings (SSSR count). The molecule has 2 aliphatic heterocycles. The van der Waals surface area contributed by atoms with Crippen molar-refractivity contribution < 1.29 is 19.0 Å². The Hall–Kier alpha value is -4.05. The second-order valence-electron chi connectivity index (χ2n) is 10.1. The number of hydrogen-bond acceptors (Lipinski definition) is 6. The van der Waals surface area contributed by atoms with Gasteiger partial charge in [0, 0.05) is 30.4 Å². The maximum Gasteiger partial charge on any atom is 0.260 e. The monoisotopic (exact) mass is 511 g/mol. The van der Waals surface area contributed by atoms with E-state index in [2.05, 4.69) is 17.1 Å². The molecule has 38 heavy (non-hydrogen) atoms. The molecule has 2 atom stereocenters. The third-order valence-electron chi connectivity index (χ3n) is 7.53. The van der Waals surface area contributed by atoms with Gasteiger partial charge in [-0.25, -0.2) is 4.98 Å². The SMILES string of the molecule is CC1Oc2ccc(CCC3CCN(C(=O)COc4ccccc4-c4ccc(C#N)nc4)CC3)cc2OC1C. The summed E-state index contributed by atoms with van der Waals surface area (Å²) in [5.74, 6) is 2.89. The van der Waals surface area contributed by atoms with Crippen molar-refractivity contribution >= 4 is 5.91 Å². The summed E-state index contributed by atoms with van der Waals surface area (Å²) in [6.45, 7) is 5.57. The van der Waals surface area contributed by atoms with Crippen LogP contribution in [0.2, 0.25) is 0 Å². The molecule has 3 heterocycles. The van der Waals surface area contributed by atoms with E-state index < -0.39 is 0 Å². The Morgan fingerprint density at radius 2 is 1.82 bits per heavy atom. The Morgan fingerprint density at radius 1 is 1.05 bits per heavy atom. The topological polar surface area (TPSA) is 84.7 Å². The predicted molar refractivity (Wildman–Crippen MR) is 144 cm³/mol. The number of nitrogens with zero attached hydrogens (tertiary/aromatic N) is 3. The number of carbonyl (C=O) groups excluding carboxylic acids is 1. The van der Waals surface area contributed by atoms with Crippen molar-refractivity contribution in [1.82, 2.24) is 9.88 Å². The minimum Gasteiger partial charge on any atom is -0.483 e. The molecule has 2 unspecified atom stereocenters. The molecule has 1 amide bonds.